The highest BCUT2D eigenvalue weighted by atomic mass is 31.2. The van der Waals surface area contributed by atoms with Gasteiger partial charge >= 0.3 is 13.5 Å². The fourth-order valence-corrected chi connectivity index (χ4v) is 4.23. The Labute approximate surface area is 179 Å². The van der Waals surface area contributed by atoms with Crippen molar-refractivity contribution in [1.29, 1.82) is 0 Å². The number of imidazole rings is 1. The molecule has 0 aliphatic carbocycles. The Hall–Kier alpha value is -3.01. The average molecular weight is 448 g/mol. The van der Waals surface area contributed by atoms with E-state index in [9.17, 15) is 9.36 Å². The van der Waals surface area contributed by atoms with Crippen LogP contribution in [-0.4, -0.2) is 51.1 Å². The first-order chi connectivity index (χ1) is 14.9. The number of benzene rings is 1. The molecule has 2 aromatic heterocycles. The number of ether oxygens (including phenoxy) is 2. The number of nitrogens with zero attached hydrogens (tertiary/aromatic N) is 4. The SMILES string of the molecule is CCOC(=O)CNP(=O)(CO[C@H](C)Cn1cnc2c(N)ncnc21)Oc1ccccc1. The van der Waals surface area contributed by atoms with Crippen molar-refractivity contribution in [3.05, 3.63) is 43.0 Å². The predicted molar refractivity (Wildman–Crippen MR) is 114 cm³/mol. The van der Waals surface area contributed by atoms with Gasteiger partial charge in [0.1, 0.15) is 30.5 Å². The average Bonchev–Trinajstić information content (AvgIpc) is 3.16. The lowest BCUT2D eigenvalue weighted by Crippen LogP contribution is -2.27. The van der Waals surface area contributed by atoms with Crippen LogP contribution >= 0.6 is 7.52 Å². The highest BCUT2D eigenvalue weighted by Crippen LogP contribution is 2.43. The third-order valence-corrected chi connectivity index (χ3v) is 5.81. The van der Waals surface area contributed by atoms with Crippen molar-refractivity contribution in [3.63, 3.8) is 0 Å². The van der Waals surface area contributed by atoms with E-state index in [0.29, 0.717) is 29.3 Å². The number of anilines is 1. The molecule has 3 rings (SSSR count). The standard InChI is InChI=1S/C19H25N6O5P/c1-3-28-16(26)9-24-31(27,30-15-7-5-4-6-8-15)13-29-14(2)10-25-12-23-17-18(20)21-11-22-19(17)25/h4-8,11-12,14H,3,9-10,13H2,1-2H3,(H,24,27)(H2,20,21,22)/t14-,31?/m1/s1. The van der Waals surface area contributed by atoms with Crippen molar-refractivity contribution in [1.82, 2.24) is 24.6 Å². The molecule has 0 radical (unpaired) electrons. The summed E-state index contributed by atoms with van der Waals surface area (Å²) in [5, 5.41) is 2.66. The van der Waals surface area contributed by atoms with Gasteiger partial charge in [-0.1, -0.05) is 18.2 Å². The molecule has 12 heteroatoms. The van der Waals surface area contributed by atoms with Crippen LogP contribution in [-0.2, 0) is 25.4 Å². The number of esters is 1. The number of hydrogen-bond acceptors (Lipinski definition) is 9. The van der Waals surface area contributed by atoms with Crippen LogP contribution in [0, 0.1) is 0 Å². The van der Waals surface area contributed by atoms with Crippen LogP contribution in [0.15, 0.2) is 43.0 Å². The van der Waals surface area contributed by atoms with E-state index in [1.165, 1.54) is 6.33 Å². The van der Waals surface area contributed by atoms with Gasteiger partial charge in [0.25, 0.3) is 0 Å². The van der Waals surface area contributed by atoms with Crippen LogP contribution in [0.4, 0.5) is 5.82 Å². The molecule has 1 aromatic carbocycles. The Kier molecular flexibility index (Phi) is 7.56. The van der Waals surface area contributed by atoms with Crippen LogP contribution in [0.25, 0.3) is 11.2 Å². The molecular formula is C19H25N6O5P. The van der Waals surface area contributed by atoms with Crippen molar-refractivity contribution < 1.29 is 23.4 Å². The molecule has 3 N–H and O–H groups in total. The molecule has 31 heavy (non-hydrogen) atoms. The number of nitrogen functional groups attached to an aromatic ring is 1. The lowest BCUT2D eigenvalue weighted by Gasteiger charge is -2.22. The zero-order valence-corrected chi connectivity index (χ0v) is 18.2. The quantitative estimate of drug-likeness (QED) is 0.331. The molecule has 0 aliphatic heterocycles. The van der Waals surface area contributed by atoms with E-state index < -0.39 is 13.5 Å². The van der Waals surface area contributed by atoms with E-state index in [4.69, 9.17) is 19.7 Å². The van der Waals surface area contributed by atoms with Gasteiger partial charge in [-0.25, -0.2) is 20.0 Å². The highest BCUT2D eigenvalue weighted by molar-refractivity contribution is 7.57. The summed E-state index contributed by atoms with van der Waals surface area (Å²) in [6, 6.07) is 8.67. The van der Waals surface area contributed by atoms with Gasteiger partial charge in [-0.3, -0.25) is 9.36 Å². The highest BCUT2D eigenvalue weighted by Gasteiger charge is 2.27. The van der Waals surface area contributed by atoms with Gasteiger partial charge in [0.15, 0.2) is 11.5 Å². The summed E-state index contributed by atoms with van der Waals surface area (Å²) < 4.78 is 31.4. The van der Waals surface area contributed by atoms with Crippen LogP contribution in [0.1, 0.15) is 13.8 Å². The first kappa shape index (κ1) is 22.7. The van der Waals surface area contributed by atoms with Crippen LogP contribution in [0.3, 0.4) is 0 Å². The molecule has 0 saturated heterocycles. The summed E-state index contributed by atoms with van der Waals surface area (Å²) in [6.07, 6.45) is 2.33. The second kappa shape index (κ2) is 10.3. The van der Waals surface area contributed by atoms with E-state index >= 15 is 0 Å². The molecule has 1 unspecified atom stereocenters. The number of carbonyl (C=O) groups excluding carboxylic acids is 1. The molecule has 166 valence electrons. The number of fused-ring (bicyclic) bond motifs is 1. The second-order valence-corrected chi connectivity index (χ2v) is 8.76. The maximum atomic E-state index is 13.3. The lowest BCUT2D eigenvalue weighted by molar-refractivity contribution is -0.141. The number of nitrogens with two attached hydrogens (primary N) is 1. The minimum absolute atomic E-state index is 0.227. The van der Waals surface area contributed by atoms with Crippen molar-refractivity contribution in [2.24, 2.45) is 0 Å². The number of para-hydroxylation sites is 1. The topological polar surface area (TPSA) is 143 Å². The van der Waals surface area contributed by atoms with Crippen molar-refractivity contribution in [3.8, 4) is 5.75 Å². The third kappa shape index (κ3) is 6.24. The Morgan fingerprint density at radius 1 is 1.26 bits per heavy atom. The van der Waals surface area contributed by atoms with Gasteiger partial charge in [-0.05, 0) is 26.0 Å². The molecule has 3 aromatic rings. The zero-order chi connectivity index (χ0) is 22.3. The molecule has 0 saturated carbocycles. The minimum Gasteiger partial charge on any atom is -0.465 e. The maximum Gasteiger partial charge on any atom is 0.342 e. The second-order valence-electron chi connectivity index (χ2n) is 6.65. The van der Waals surface area contributed by atoms with Gasteiger partial charge in [0, 0.05) is 0 Å². The number of rotatable bonds is 11. The molecule has 0 fully saturated rings. The predicted octanol–water partition coefficient (Wildman–Crippen LogP) is 2.20. The fourth-order valence-electron chi connectivity index (χ4n) is 2.74. The normalized spacial score (nSPS) is 14.1. The summed E-state index contributed by atoms with van der Waals surface area (Å²) >= 11 is 0. The molecule has 0 bridgehead atoms. The van der Waals surface area contributed by atoms with E-state index in [1.807, 2.05) is 13.0 Å². The van der Waals surface area contributed by atoms with Gasteiger partial charge in [0.2, 0.25) is 0 Å². The van der Waals surface area contributed by atoms with E-state index in [-0.39, 0.29) is 25.6 Å². The summed E-state index contributed by atoms with van der Waals surface area (Å²) in [5.41, 5.74) is 6.89. The van der Waals surface area contributed by atoms with Crippen molar-refractivity contribution in [2.75, 3.05) is 25.2 Å². The van der Waals surface area contributed by atoms with Crippen molar-refractivity contribution >= 4 is 30.5 Å². The number of aromatic nitrogens is 4. The van der Waals surface area contributed by atoms with Crippen LogP contribution in [0.2, 0.25) is 0 Å². The smallest absolute Gasteiger partial charge is 0.342 e. The Bertz CT molecular complexity index is 1060. The molecular weight excluding hydrogens is 423 g/mol. The molecule has 2 heterocycles. The zero-order valence-electron chi connectivity index (χ0n) is 17.3. The van der Waals surface area contributed by atoms with Gasteiger partial charge in [-0.15, -0.1) is 0 Å². The Morgan fingerprint density at radius 2 is 2.03 bits per heavy atom. The Balaban J connectivity index is 1.65. The molecule has 0 aliphatic rings. The van der Waals surface area contributed by atoms with Gasteiger partial charge in [0.05, 0.1) is 25.6 Å². The number of hydrogen-bond donors (Lipinski definition) is 2. The van der Waals surface area contributed by atoms with Gasteiger partial charge < -0.3 is 24.3 Å². The largest absolute Gasteiger partial charge is 0.465 e. The molecule has 0 spiro atoms. The van der Waals surface area contributed by atoms with E-state index in [2.05, 4.69) is 20.0 Å². The molecule has 0 amide bonds. The molecule has 11 nitrogen and oxygen atoms in total. The van der Waals surface area contributed by atoms with Crippen molar-refractivity contribution in [2.45, 2.75) is 26.5 Å². The first-order valence-electron chi connectivity index (χ1n) is 9.67. The molecule has 2 atom stereocenters. The third-order valence-electron chi connectivity index (χ3n) is 4.18. The Morgan fingerprint density at radius 3 is 2.77 bits per heavy atom. The maximum absolute atomic E-state index is 13.3. The van der Waals surface area contributed by atoms with Crippen LogP contribution < -0.4 is 15.3 Å². The summed E-state index contributed by atoms with van der Waals surface area (Å²) in [7, 11) is -3.56. The van der Waals surface area contributed by atoms with E-state index in [1.54, 1.807) is 42.1 Å². The fraction of sp³-hybridized carbons (Fsp3) is 0.368. The lowest BCUT2D eigenvalue weighted by atomic mass is 10.3. The monoisotopic (exact) mass is 448 g/mol. The summed E-state index contributed by atoms with van der Waals surface area (Å²) in [4.78, 5) is 24.0. The summed E-state index contributed by atoms with van der Waals surface area (Å²) in [5.74, 6) is 0.155. The summed E-state index contributed by atoms with van der Waals surface area (Å²) in [6.45, 7) is 3.86. The van der Waals surface area contributed by atoms with Crippen LogP contribution in [0.5, 0.6) is 5.75 Å². The minimum atomic E-state index is -3.56. The van der Waals surface area contributed by atoms with E-state index in [0.717, 1.165) is 0 Å². The first-order valence-corrected chi connectivity index (χ1v) is 11.5. The van der Waals surface area contributed by atoms with Gasteiger partial charge in [-0.2, -0.15) is 0 Å². The number of nitrogens with one attached hydrogen (secondary N) is 1. The number of carbonyl (C=O) groups is 1.